The number of aromatic nitrogens is 1. The Morgan fingerprint density at radius 2 is 2.07 bits per heavy atom. The molecule has 0 amide bonds. The summed E-state index contributed by atoms with van der Waals surface area (Å²) >= 11 is 3.43. The maximum Gasteiger partial charge on any atom is 0.142 e. The van der Waals surface area contributed by atoms with Crippen LogP contribution in [0, 0.1) is 0 Å². The zero-order valence-corrected chi connectivity index (χ0v) is 11.0. The summed E-state index contributed by atoms with van der Waals surface area (Å²) in [4.78, 5) is 4.46. The van der Waals surface area contributed by atoms with Gasteiger partial charge in [-0.25, -0.2) is 0 Å². The Balaban J connectivity index is 2.34. The van der Waals surface area contributed by atoms with E-state index in [1.54, 1.807) is 0 Å². The van der Waals surface area contributed by atoms with Gasteiger partial charge in [0.1, 0.15) is 5.75 Å². The van der Waals surface area contributed by atoms with E-state index in [2.05, 4.69) is 41.7 Å². The summed E-state index contributed by atoms with van der Waals surface area (Å²) < 4.78 is 6.85. The van der Waals surface area contributed by atoms with E-state index < -0.39 is 0 Å². The molecule has 2 nitrogen and oxygen atoms in total. The molecule has 2 rings (SSSR count). The molecule has 0 bridgehead atoms. The third-order valence-electron chi connectivity index (χ3n) is 2.35. The van der Waals surface area contributed by atoms with Crippen LogP contribution in [0.2, 0.25) is 0 Å². The molecule has 1 fully saturated rings. The number of hydrogen-bond acceptors (Lipinski definition) is 2. The van der Waals surface area contributed by atoms with Crippen molar-refractivity contribution in [3.63, 3.8) is 0 Å². The molecule has 1 aliphatic rings. The second-order valence-electron chi connectivity index (χ2n) is 5.07. The number of rotatable bonds is 2. The van der Waals surface area contributed by atoms with E-state index in [0.29, 0.717) is 6.10 Å². The summed E-state index contributed by atoms with van der Waals surface area (Å²) in [6.45, 7) is 6.47. The lowest BCUT2D eigenvalue weighted by molar-refractivity contribution is 0.292. The minimum atomic E-state index is 0.0327. The zero-order valence-electron chi connectivity index (χ0n) is 9.38. The minimum absolute atomic E-state index is 0.0327. The lowest BCUT2D eigenvalue weighted by atomic mass is 9.91. The van der Waals surface area contributed by atoms with Gasteiger partial charge in [0.05, 0.1) is 11.8 Å². The molecular weight excluding hydrogens is 254 g/mol. The summed E-state index contributed by atoms with van der Waals surface area (Å²) in [6, 6.07) is 2.02. The van der Waals surface area contributed by atoms with Crippen LogP contribution in [0.1, 0.15) is 39.3 Å². The van der Waals surface area contributed by atoms with Crippen LogP contribution in [0.3, 0.4) is 0 Å². The largest absolute Gasteiger partial charge is 0.488 e. The van der Waals surface area contributed by atoms with Crippen LogP contribution in [0.4, 0.5) is 0 Å². The van der Waals surface area contributed by atoms with Crippen molar-refractivity contribution in [1.82, 2.24) is 4.98 Å². The van der Waals surface area contributed by atoms with Crippen molar-refractivity contribution >= 4 is 15.9 Å². The first-order valence-electron chi connectivity index (χ1n) is 5.29. The summed E-state index contributed by atoms with van der Waals surface area (Å²) in [6.07, 6.45) is 4.61. The van der Waals surface area contributed by atoms with Crippen LogP contribution in [0.5, 0.6) is 5.75 Å². The number of hydrogen-bond donors (Lipinski definition) is 0. The maximum atomic E-state index is 5.87. The quantitative estimate of drug-likeness (QED) is 0.817. The van der Waals surface area contributed by atoms with Crippen LogP contribution < -0.4 is 4.74 Å². The average Bonchev–Trinajstić information content (AvgIpc) is 2.85. The summed E-state index contributed by atoms with van der Waals surface area (Å²) in [7, 11) is 0. The van der Waals surface area contributed by atoms with Crippen molar-refractivity contribution in [3.8, 4) is 5.75 Å². The molecule has 0 N–H and O–H groups in total. The van der Waals surface area contributed by atoms with Gasteiger partial charge in [-0.1, -0.05) is 20.8 Å². The molecule has 1 saturated carbocycles. The highest BCUT2D eigenvalue weighted by Gasteiger charge is 2.28. The molecule has 1 aromatic heterocycles. The van der Waals surface area contributed by atoms with Crippen LogP contribution >= 0.6 is 15.9 Å². The van der Waals surface area contributed by atoms with Gasteiger partial charge < -0.3 is 4.74 Å². The van der Waals surface area contributed by atoms with Crippen LogP contribution in [-0.2, 0) is 5.41 Å². The van der Waals surface area contributed by atoms with Crippen molar-refractivity contribution < 1.29 is 4.74 Å². The van der Waals surface area contributed by atoms with E-state index in [1.807, 2.05) is 12.3 Å². The predicted octanol–water partition coefficient (Wildman–Crippen LogP) is 3.68. The molecule has 1 aliphatic carbocycles. The molecule has 0 saturated heterocycles. The van der Waals surface area contributed by atoms with Crippen LogP contribution in [0.15, 0.2) is 16.7 Å². The van der Waals surface area contributed by atoms with Gasteiger partial charge in [-0.2, -0.15) is 0 Å². The zero-order chi connectivity index (χ0) is 11.1. The van der Waals surface area contributed by atoms with Crippen molar-refractivity contribution in [2.45, 2.75) is 45.1 Å². The van der Waals surface area contributed by atoms with E-state index in [0.717, 1.165) is 15.9 Å². The molecule has 3 heteroatoms. The van der Waals surface area contributed by atoms with E-state index in [4.69, 9.17) is 4.74 Å². The molecule has 1 aromatic rings. The van der Waals surface area contributed by atoms with Gasteiger partial charge in [-0.05, 0) is 34.8 Å². The second-order valence-corrected chi connectivity index (χ2v) is 5.98. The monoisotopic (exact) mass is 269 g/mol. The third kappa shape index (κ3) is 2.71. The lowest BCUT2D eigenvalue weighted by Gasteiger charge is -2.21. The molecule has 1 heterocycles. The van der Waals surface area contributed by atoms with E-state index in [1.165, 1.54) is 12.8 Å². The lowest BCUT2D eigenvalue weighted by Crippen LogP contribution is -2.16. The number of pyridine rings is 1. The Bertz CT molecular complexity index is 366. The molecule has 0 aliphatic heterocycles. The highest BCUT2D eigenvalue weighted by Crippen LogP contribution is 2.35. The second kappa shape index (κ2) is 3.78. The number of ether oxygens (including phenoxy) is 1. The Morgan fingerprint density at radius 3 is 2.60 bits per heavy atom. The van der Waals surface area contributed by atoms with Gasteiger partial charge in [0.25, 0.3) is 0 Å². The fourth-order valence-corrected chi connectivity index (χ4v) is 1.75. The summed E-state index contributed by atoms with van der Waals surface area (Å²) in [5.41, 5.74) is 1.07. The van der Waals surface area contributed by atoms with Gasteiger partial charge in [0, 0.05) is 16.1 Å². The van der Waals surface area contributed by atoms with Gasteiger partial charge in [-0.15, -0.1) is 0 Å². The maximum absolute atomic E-state index is 5.87. The standard InChI is InChI=1S/C12H16BrNO/c1-12(2,3)11-10(15-9-4-5-9)6-8(13)7-14-11/h6-7,9H,4-5H2,1-3H3. The predicted molar refractivity (Wildman–Crippen MR) is 64.3 cm³/mol. The molecule has 0 atom stereocenters. The fraction of sp³-hybridized carbons (Fsp3) is 0.583. The number of nitrogens with zero attached hydrogens (tertiary/aromatic N) is 1. The molecule has 15 heavy (non-hydrogen) atoms. The van der Waals surface area contributed by atoms with Crippen LogP contribution in [-0.4, -0.2) is 11.1 Å². The molecule has 0 spiro atoms. The van der Waals surface area contributed by atoms with Crippen LogP contribution in [0.25, 0.3) is 0 Å². The van der Waals surface area contributed by atoms with Gasteiger partial charge in [0.2, 0.25) is 0 Å². The smallest absolute Gasteiger partial charge is 0.142 e. The van der Waals surface area contributed by atoms with Gasteiger partial charge in [-0.3, -0.25) is 4.98 Å². The first kappa shape index (κ1) is 10.9. The SMILES string of the molecule is CC(C)(C)c1ncc(Br)cc1OC1CC1. The molecule has 0 radical (unpaired) electrons. The molecule has 0 unspecified atom stereocenters. The van der Waals surface area contributed by atoms with Crippen molar-refractivity contribution in [1.29, 1.82) is 0 Å². The summed E-state index contributed by atoms with van der Waals surface area (Å²) in [5, 5.41) is 0. The van der Waals surface area contributed by atoms with E-state index in [9.17, 15) is 0 Å². The highest BCUT2D eigenvalue weighted by atomic mass is 79.9. The third-order valence-corrected chi connectivity index (χ3v) is 2.78. The number of halogens is 1. The summed E-state index contributed by atoms with van der Waals surface area (Å²) in [5.74, 6) is 0.930. The van der Waals surface area contributed by atoms with Gasteiger partial charge in [0.15, 0.2) is 0 Å². The van der Waals surface area contributed by atoms with Crippen molar-refractivity contribution in [2.24, 2.45) is 0 Å². The Kier molecular flexibility index (Phi) is 2.75. The fourth-order valence-electron chi connectivity index (χ4n) is 1.44. The molecule has 82 valence electrons. The first-order chi connectivity index (χ1) is 6.97. The Morgan fingerprint density at radius 1 is 1.40 bits per heavy atom. The van der Waals surface area contributed by atoms with E-state index in [-0.39, 0.29) is 5.41 Å². The Labute approximate surface area is 99.2 Å². The minimum Gasteiger partial charge on any atom is -0.488 e. The first-order valence-corrected chi connectivity index (χ1v) is 6.09. The normalized spacial score (nSPS) is 16.5. The topological polar surface area (TPSA) is 22.1 Å². The van der Waals surface area contributed by atoms with Crippen molar-refractivity contribution in [3.05, 3.63) is 22.4 Å². The van der Waals surface area contributed by atoms with E-state index >= 15 is 0 Å². The average molecular weight is 270 g/mol. The van der Waals surface area contributed by atoms with Crippen molar-refractivity contribution in [2.75, 3.05) is 0 Å². The molecule has 0 aromatic carbocycles. The van der Waals surface area contributed by atoms with Gasteiger partial charge >= 0.3 is 0 Å². The highest BCUT2D eigenvalue weighted by molar-refractivity contribution is 9.10. The molecular formula is C12H16BrNO. The Hall–Kier alpha value is -0.570.